The summed E-state index contributed by atoms with van der Waals surface area (Å²) in [6.45, 7) is 1.02. The van der Waals surface area contributed by atoms with E-state index >= 15 is 0 Å². The topological polar surface area (TPSA) is 62.6 Å². The van der Waals surface area contributed by atoms with Crippen molar-refractivity contribution in [3.8, 4) is 5.69 Å². The van der Waals surface area contributed by atoms with E-state index in [9.17, 15) is 17.6 Å². The highest BCUT2D eigenvalue weighted by Crippen LogP contribution is 2.25. The molecule has 1 fully saturated rings. The summed E-state index contributed by atoms with van der Waals surface area (Å²) in [5, 5.41) is 1.87. The second-order valence-corrected chi connectivity index (χ2v) is 9.23. The van der Waals surface area contributed by atoms with Crippen LogP contribution in [0.25, 0.3) is 5.69 Å². The van der Waals surface area contributed by atoms with Crippen LogP contribution in [-0.4, -0.2) is 54.3 Å². The quantitative estimate of drug-likeness (QED) is 0.653. The van der Waals surface area contributed by atoms with E-state index in [0.29, 0.717) is 18.0 Å². The molecule has 1 saturated heterocycles. The highest BCUT2D eigenvalue weighted by molar-refractivity contribution is 7.89. The monoisotopic (exact) mass is 419 g/mol. The Labute approximate surface area is 166 Å². The number of carbonyl (C=O) groups excluding carboxylic acids is 1. The largest absolute Gasteiger partial charge is 0.335 e. The molecular formula is C19H18FN3O3S2. The third-order valence-corrected chi connectivity index (χ3v) is 7.50. The summed E-state index contributed by atoms with van der Waals surface area (Å²) in [4.78, 5) is 15.3. The van der Waals surface area contributed by atoms with Crippen molar-refractivity contribution in [1.29, 1.82) is 0 Å². The van der Waals surface area contributed by atoms with Crippen LogP contribution >= 0.6 is 11.3 Å². The first-order valence-corrected chi connectivity index (χ1v) is 11.0. The van der Waals surface area contributed by atoms with E-state index in [-0.39, 0.29) is 23.9 Å². The predicted molar refractivity (Wildman–Crippen MR) is 105 cm³/mol. The van der Waals surface area contributed by atoms with Gasteiger partial charge in [0.1, 0.15) is 10.7 Å². The van der Waals surface area contributed by atoms with Crippen LogP contribution in [0.1, 0.15) is 9.67 Å². The van der Waals surface area contributed by atoms with E-state index in [1.165, 1.54) is 27.8 Å². The lowest BCUT2D eigenvalue weighted by atomic mass is 10.3. The molecule has 1 aliphatic heterocycles. The van der Waals surface area contributed by atoms with Gasteiger partial charge in [0, 0.05) is 38.6 Å². The molecule has 28 heavy (non-hydrogen) atoms. The lowest BCUT2D eigenvalue weighted by molar-refractivity contribution is 0.0703. The summed E-state index contributed by atoms with van der Waals surface area (Å²) in [6, 6.07) is 10.5. The van der Waals surface area contributed by atoms with Gasteiger partial charge in [-0.25, -0.2) is 12.8 Å². The molecule has 3 heterocycles. The Hall–Kier alpha value is -2.49. The maximum Gasteiger partial charge on any atom is 0.266 e. The first kappa shape index (κ1) is 18.9. The molecule has 146 valence electrons. The highest BCUT2D eigenvalue weighted by Gasteiger charge is 2.31. The number of piperazine rings is 1. The number of carbonyl (C=O) groups is 1. The zero-order valence-corrected chi connectivity index (χ0v) is 16.5. The summed E-state index contributed by atoms with van der Waals surface area (Å²) in [5.41, 5.74) is 0.821. The third-order valence-electron chi connectivity index (χ3n) is 4.70. The maximum atomic E-state index is 13.1. The average Bonchev–Trinajstić information content (AvgIpc) is 3.39. The normalized spacial score (nSPS) is 15.7. The first-order valence-electron chi connectivity index (χ1n) is 8.72. The summed E-state index contributed by atoms with van der Waals surface area (Å²) in [5.74, 6) is -0.582. The van der Waals surface area contributed by atoms with Crippen molar-refractivity contribution in [3.63, 3.8) is 0 Å². The molecule has 0 N–H and O–H groups in total. The molecule has 1 aliphatic rings. The van der Waals surface area contributed by atoms with Gasteiger partial charge in [-0.05, 0) is 47.8 Å². The number of rotatable bonds is 4. The zero-order chi connectivity index (χ0) is 19.7. The maximum absolute atomic E-state index is 13.1. The Balaban J connectivity index is 1.47. The Kier molecular flexibility index (Phi) is 5.05. The second-order valence-electron chi connectivity index (χ2n) is 6.38. The number of benzene rings is 1. The number of hydrogen-bond donors (Lipinski definition) is 0. The van der Waals surface area contributed by atoms with E-state index in [1.54, 1.807) is 4.90 Å². The molecule has 0 radical (unpaired) electrons. The molecule has 0 aliphatic carbocycles. The molecule has 0 spiro atoms. The van der Waals surface area contributed by atoms with Gasteiger partial charge in [0.25, 0.3) is 5.91 Å². The molecule has 0 unspecified atom stereocenters. The molecular weight excluding hydrogens is 401 g/mol. The summed E-state index contributed by atoms with van der Waals surface area (Å²) >= 11 is 1.37. The van der Waals surface area contributed by atoms with Crippen LogP contribution in [0.3, 0.4) is 0 Å². The van der Waals surface area contributed by atoms with Gasteiger partial charge in [0.15, 0.2) is 0 Å². The lowest BCUT2D eigenvalue weighted by Crippen LogP contribution is -2.50. The molecule has 6 nitrogen and oxygen atoms in total. The van der Waals surface area contributed by atoms with Gasteiger partial charge in [0.05, 0.1) is 10.6 Å². The number of halogens is 1. The van der Waals surface area contributed by atoms with Crippen LogP contribution < -0.4 is 0 Å². The minimum Gasteiger partial charge on any atom is -0.335 e. The summed E-state index contributed by atoms with van der Waals surface area (Å²) in [7, 11) is -3.70. The standard InChI is InChI=1S/C19H18FN3O3S2/c20-15-3-5-16(6-4-15)28(25,26)23-12-10-22(11-13-23)19(24)18-17(7-14-27-18)21-8-1-2-9-21/h1-9,14H,10-13H2. The average molecular weight is 420 g/mol. The fourth-order valence-corrected chi connectivity index (χ4v) is 5.47. The van der Waals surface area contributed by atoms with Crippen molar-refractivity contribution in [1.82, 2.24) is 13.8 Å². The second kappa shape index (κ2) is 7.50. The Morgan fingerprint density at radius 2 is 1.61 bits per heavy atom. The van der Waals surface area contributed by atoms with Gasteiger partial charge in [-0.15, -0.1) is 11.3 Å². The number of thiophene rings is 1. The van der Waals surface area contributed by atoms with Crippen molar-refractivity contribution in [2.24, 2.45) is 0 Å². The van der Waals surface area contributed by atoms with Crippen LogP contribution in [0, 0.1) is 5.82 Å². The Morgan fingerprint density at radius 1 is 0.964 bits per heavy atom. The Morgan fingerprint density at radius 3 is 2.25 bits per heavy atom. The van der Waals surface area contributed by atoms with Crippen LogP contribution in [0.2, 0.25) is 0 Å². The molecule has 9 heteroatoms. The van der Waals surface area contributed by atoms with Gasteiger partial charge < -0.3 is 9.47 Å². The zero-order valence-electron chi connectivity index (χ0n) is 14.9. The summed E-state index contributed by atoms with van der Waals surface area (Å²) in [6.07, 6.45) is 3.76. The number of hydrogen-bond acceptors (Lipinski definition) is 4. The molecule has 2 aromatic heterocycles. The number of nitrogens with zero attached hydrogens (tertiary/aromatic N) is 3. The van der Waals surface area contributed by atoms with Crippen molar-refractivity contribution in [3.05, 3.63) is 70.9 Å². The van der Waals surface area contributed by atoms with E-state index in [0.717, 1.165) is 17.8 Å². The van der Waals surface area contributed by atoms with E-state index < -0.39 is 15.8 Å². The molecule has 3 aromatic rings. The van der Waals surface area contributed by atoms with Gasteiger partial charge in [-0.1, -0.05) is 0 Å². The van der Waals surface area contributed by atoms with Crippen LogP contribution in [0.15, 0.2) is 65.1 Å². The fraction of sp³-hybridized carbons (Fsp3) is 0.211. The molecule has 1 amide bonds. The minimum absolute atomic E-state index is 0.0572. The highest BCUT2D eigenvalue weighted by atomic mass is 32.2. The van der Waals surface area contributed by atoms with E-state index in [2.05, 4.69) is 0 Å². The first-order chi connectivity index (χ1) is 13.5. The van der Waals surface area contributed by atoms with Crippen LogP contribution in [0.5, 0.6) is 0 Å². The van der Waals surface area contributed by atoms with Gasteiger partial charge in [-0.2, -0.15) is 4.31 Å². The number of sulfonamides is 1. The van der Waals surface area contributed by atoms with Crippen molar-refractivity contribution >= 4 is 27.3 Å². The van der Waals surface area contributed by atoms with Crippen LogP contribution in [-0.2, 0) is 10.0 Å². The Bertz CT molecular complexity index is 1070. The predicted octanol–water partition coefficient (Wildman–Crippen LogP) is 2.82. The lowest BCUT2D eigenvalue weighted by Gasteiger charge is -2.34. The number of amides is 1. The molecule has 0 saturated carbocycles. The SMILES string of the molecule is O=C(c1sccc1-n1cccc1)N1CCN(S(=O)(=O)c2ccc(F)cc2)CC1. The smallest absolute Gasteiger partial charge is 0.266 e. The minimum atomic E-state index is -3.70. The van der Waals surface area contributed by atoms with Crippen molar-refractivity contribution < 1.29 is 17.6 Å². The van der Waals surface area contributed by atoms with Gasteiger partial charge in [0.2, 0.25) is 10.0 Å². The molecule has 0 bridgehead atoms. The molecule has 0 atom stereocenters. The van der Waals surface area contributed by atoms with Gasteiger partial charge >= 0.3 is 0 Å². The van der Waals surface area contributed by atoms with E-state index in [1.807, 2.05) is 40.5 Å². The number of aromatic nitrogens is 1. The van der Waals surface area contributed by atoms with Crippen LogP contribution in [0.4, 0.5) is 4.39 Å². The summed E-state index contributed by atoms with van der Waals surface area (Å²) < 4.78 is 41.7. The van der Waals surface area contributed by atoms with Gasteiger partial charge in [-0.3, -0.25) is 4.79 Å². The molecule has 1 aromatic carbocycles. The molecule has 4 rings (SSSR count). The fourth-order valence-electron chi connectivity index (χ4n) is 3.19. The third kappa shape index (κ3) is 3.48. The van der Waals surface area contributed by atoms with E-state index in [4.69, 9.17) is 0 Å². The van der Waals surface area contributed by atoms with Crippen molar-refractivity contribution in [2.75, 3.05) is 26.2 Å². The van der Waals surface area contributed by atoms with Crippen molar-refractivity contribution in [2.45, 2.75) is 4.90 Å².